The van der Waals surface area contributed by atoms with Crippen molar-refractivity contribution in [2.45, 2.75) is 46.1 Å². The third kappa shape index (κ3) is 13.7. The van der Waals surface area contributed by atoms with Crippen LogP contribution in [-0.2, 0) is 9.47 Å². The topological polar surface area (TPSA) is 63.6 Å². The van der Waals surface area contributed by atoms with E-state index in [9.17, 15) is 5.11 Å². The molecule has 0 saturated carbocycles. The van der Waals surface area contributed by atoms with Crippen LogP contribution >= 0.6 is 11.6 Å². The van der Waals surface area contributed by atoms with Gasteiger partial charge < -0.3 is 19.9 Å². The lowest BCUT2D eigenvalue weighted by molar-refractivity contribution is 0.156. The molecule has 2 atom stereocenters. The molecule has 38 heavy (non-hydrogen) atoms. The van der Waals surface area contributed by atoms with Crippen molar-refractivity contribution in [3.8, 4) is 12.3 Å². The molecule has 0 saturated heterocycles. The van der Waals surface area contributed by atoms with Gasteiger partial charge in [-0.25, -0.2) is 4.98 Å². The van der Waals surface area contributed by atoms with Gasteiger partial charge in [0.05, 0.1) is 13.2 Å². The number of halogens is 1. The maximum absolute atomic E-state index is 10.5. The van der Waals surface area contributed by atoms with Gasteiger partial charge in [-0.15, -0.1) is 12.3 Å². The van der Waals surface area contributed by atoms with E-state index in [4.69, 9.17) is 27.5 Å². The van der Waals surface area contributed by atoms with Crippen molar-refractivity contribution in [3.63, 3.8) is 0 Å². The largest absolute Gasteiger partial charge is 0.492 e. The minimum atomic E-state index is -0.833. The second kappa shape index (κ2) is 21.6. The predicted octanol–water partition coefficient (Wildman–Crippen LogP) is 7.73. The summed E-state index contributed by atoms with van der Waals surface area (Å²) in [6, 6.07) is 5.75. The van der Waals surface area contributed by atoms with Crippen molar-refractivity contribution in [2.24, 2.45) is 5.92 Å². The van der Waals surface area contributed by atoms with Gasteiger partial charge in [-0.2, -0.15) is 0 Å². The zero-order valence-electron chi connectivity index (χ0n) is 23.4. The fourth-order valence-corrected chi connectivity index (χ4v) is 3.19. The number of hydrogen-bond acceptors (Lipinski definition) is 5. The van der Waals surface area contributed by atoms with Crippen LogP contribution in [0.2, 0.25) is 0 Å². The third-order valence-corrected chi connectivity index (χ3v) is 5.30. The normalized spacial score (nSPS) is 14.4. The van der Waals surface area contributed by atoms with Crippen LogP contribution in [0, 0.1) is 18.3 Å². The van der Waals surface area contributed by atoms with Crippen LogP contribution in [0.1, 0.15) is 40.0 Å². The van der Waals surface area contributed by atoms with Gasteiger partial charge in [0.25, 0.3) is 0 Å². The molecule has 1 aliphatic carbocycles. The number of nitrogens with one attached hydrogen (secondary N) is 1. The zero-order valence-corrected chi connectivity index (χ0v) is 24.2. The summed E-state index contributed by atoms with van der Waals surface area (Å²) in [7, 11) is 3.40. The minimum absolute atomic E-state index is 0.341. The number of aromatic nitrogens is 1. The molecule has 0 amide bonds. The number of rotatable bonds is 12. The van der Waals surface area contributed by atoms with Gasteiger partial charge in [0.15, 0.2) is 11.5 Å². The maximum Gasteiger partial charge on any atom is 0.166 e. The van der Waals surface area contributed by atoms with Gasteiger partial charge in [0.1, 0.15) is 12.4 Å². The van der Waals surface area contributed by atoms with Crippen LogP contribution < -0.4 is 5.32 Å². The van der Waals surface area contributed by atoms with Crippen LogP contribution in [0.5, 0.6) is 0 Å². The molecule has 2 unspecified atom stereocenters. The van der Waals surface area contributed by atoms with Crippen molar-refractivity contribution in [1.82, 2.24) is 4.98 Å². The van der Waals surface area contributed by atoms with Gasteiger partial charge >= 0.3 is 0 Å². The Bertz CT molecular complexity index is 1030. The molecule has 0 bridgehead atoms. The van der Waals surface area contributed by atoms with Crippen molar-refractivity contribution < 1.29 is 14.6 Å². The third-order valence-electron chi connectivity index (χ3n) is 5.02. The van der Waals surface area contributed by atoms with E-state index in [0.29, 0.717) is 43.0 Å². The summed E-state index contributed by atoms with van der Waals surface area (Å²) in [5.41, 5.74) is 1.53. The molecule has 1 heterocycles. The predicted molar refractivity (Wildman–Crippen MR) is 163 cm³/mol. The molecule has 206 valence electrons. The Morgan fingerprint density at radius 3 is 2.58 bits per heavy atom. The number of anilines is 1. The Balaban J connectivity index is 0.00000114. The Morgan fingerprint density at radius 1 is 1.32 bits per heavy atom. The number of aliphatic hydroxyl groups excluding tert-OH is 1. The summed E-state index contributed by atoms with van der Waals surface area (Å²) in [6.45, 7) is 13.8. The summed E-state index contributed by atoms with van der Waals surface area (Å²) >= 11 is 6.00. The standard InChI is InChI=1S/C24H29ClO3.C6H8N2.C2H6/c1-6-12-20(25)14-9-8-13-18(3)17-28-22-16-11-10-15-21(24(22)27-5)23(26)19(4)7-2;1-7-6-4-2-3-5-8-6;1-2/h2,6,8-10,12,15-16,19,23,26H,1,3,11,13-14,17H2,4-5H3;2-5H,1H3,(H,7,8);1-2H3/b9-8?,20-12+;;. The van der Waals surface area contributed by atoms with Gasteiger partial charge in [0, 0.05) is 36.2 Å². The lowest BCUT2D eigenvalue weighted by Crippen LogP contribution is -2.20. The Morgan fingerprint density at radius 2 is 2.03 bits per heavy atom. The second-order valence-corrected chi connectivity index (χ2v) is 8.31. The molecule has 0 fully saturated rings. The van der Waals surface area contributed by atoms with Gasteiger partial charge in [-0.05, 0) is 49.6 Å². The van der Waals surface area contributed by atoms with E-state index in [1.807, 2.05) is 69.5 Å². The lowest BCUT2D eigenvalue weighted by Gasteiger charge is -2.20. The molecule has 0 aliphatic heterocycles. The van der Waals surface area contributed by atoms with Crippen LogP contribution in [0.3, 0.4) is 0 Å². The van der Waals surface area contributed by atoms with Gasteiger partial charge in [-0.1, -0.05) is 75.1 Å². The van der Waals surface area contributed by atoms with Crippen molar-refractivity contribution in [2.75, 3.05) is 26.1 Å². The average molecular weight is 539 g/mol. The Hall–Kier alpha value is -3.46. The number of allylic oxidation sites excluding steroid dienone is 7. The average Bonchev–Trinajstić information content (AvgIpc) is 3.17. The van der Waals surface area contributed by atoms with Crippen LogP contribution in [0.4, 0.5) is 5.82 Å². The molecule has 1 aliphatic rings. The van der Waals surface area contributed by atoms with Crippen molar-refractivity contribution >= 4 is 17.4 Å². The smallest absolute Gasteiger partial charge is 0.166 e. The van der Waals surface area contributed by atoms with E-state index >= 15 is 0 Å². The number of nitrogens with zero attached hydrogens (tertiary/aromatic N) is 1. The van der Waals surface area contributed by atoms with E-state index in [1.54, 1.807) is 32.4 Å². The summed E-state index contributed by atoms with van der Waals surface area (Å²) in [4.78, 5) is 3.99. The second-order valence-electron chi connectivity index (χ2n) is 7.83. The lowest BCUT2D eigenvalue weighted by atomic mass is 9.96. The van der Waals surface area contributed by atoms with Crippen molar-refractivity contribution in [1.29, 1.82) is 0 Å². The number of pyridine rings is 1. The molecule has 0 radical (unpaired) electrons. The number of methoxy groups -OCH3 is 1. The molecule has 5 nitrogen and oxygen atoms in total. The molecular formula is C32H43ClN2O3. The first kappa shape index (κ1) is 34.5. The van der Waals surface area contributed by atoms with E-state index in [2.05, 4.69) is 29.4 Å². The molecule has 2 rings (SSSR count). The Labute approximate surface area is 235 Å². The van der Waals surface area contributed by atoms with Gasteiger partial charge in [-0.3, -0.25) is 0 Å². The first-order chi connectivity index (χ1) is 18.4. The highest BCUT2D eigenvalue weighted by molar-refractivity contribution is 6.29. The molecule has 2 N–H and O–H groups in total. The highest BCUT2D eigenvalue weighted by Gasteiger charge is 2.23. The highest BCUT2D eigenvalue weighted by atomic mass is 35.5. The fourth-order valence-electron chi connectivity index (χ4n) is 3.01. The molecular weight excluding hydrogens is 496 g/mol. The van der Waals surface area contributed by atoms with Crippen LogP contribution in [0.25, 0.3) is 0 Å². The first-order valence-corrected chi connectivity index (χ1v) is 13.0. The minimum Gasteiger partial charge on any atom is -0.492 e. The number of hydrogen-bond donors (Lipinski definition) is 2. The molecule has 1 aromatic heterocycles. The maximum atomic E-state index is 10.5. The van der Waals surface area contributed by atoms with Gasteiger partial charge in [0.2, 0.25) is 0 Å². The molecule has 6 heteroatoms. The number of ether oxygens (including phenoxy) is 2. The van der Waals surface area contributed by atoms with E-state index in [-0.39, 0.29) is 5.92 Å². The zero-order chi connectivity index (χ0) is 28.8. The number of aliphatic hydroxyl groups is 1. The summed E-state index contributed by atoms with van der Waals surface area (Å²) < 4.78 is 11.5. The van der Waals surface area contributed by atoms with E-state index in [1.165, 1.54) is 0 Å². The first-order valence-electron chi connectivity index (χ1n) is 12.7. The summed E-state index contributed by atoms with van der Waals surface area (Å²) in [6.07, 6.45) is 21.5. The Kier molecular flexibility index (Phi) is 19.6. The summed E-state index contributed by atoms with van der Waals surface area (Å²) in [5.74, 6) is 4.20. The number of terminal acetylenes is 1. The van der Waals surface area contributed by atoms with E-state index < -0.39 is 6.10 Å². The fraction of sp³-hybridized carbons (Fsp3) is 0.344. The summed E-state index contributed by atoms with van der Waals surface area (Å²) in [5, 5.41) is 14.2. The van der Waals surface area contributed by atoms with Crippen LogP contribution in [0.15, 0.2) is 108 Å². The quantitative estimate of drug-likeness (QED) is 0.162. The van der Waals surface area contributed by atoms with Crippen molar-refractivity contribution in [3.05, 3.63) is 108 Å². The van der Waals surface area contributed by atoms with Crippen LogP contribution in [-0.4, -0.2) is 37.0 Å². The monoisotopic (exact) mass is 538 g/mol. The molecule has 0 spiro atoms. The molecule has 1 aromatic rings. The highest BCUT2D eigenvalue weighted by Crippen LogP contribution is 2.27. The van der Waals surface area contributed by atoms with E-state index in [0.717, 1.165) is 16.4 Å². The molecule has 0 aromatic carbocycles. The SMILES string of the molecule is C#CC(C)C(O)C1=C(OC)C(OCC(=C)CC=CC/C(Cl)=C\C=C)=CCC=C1.CC.CNc1ccccn1.